The van der Waals surface area contributed by atoms with E-state index in [0.717, 1.165) is 18.4 Å². The van der Waals surface area contributed by atoms with Crippen molar-refractivity contribution in [2.75, 3.05) is 19.3 Å². The Labute approximate surface area is 137 Å². The molecule has 3 N–H and O–H groups in total. The third kappa shape index (κ3) is 4.67. The number of hydrogen-bond acceptors (Lipinski definition) is 4. The Morgan fingerprint density at radius 1 is 1.36 bits per heavy atom. The second kappa shape index (κ2) is 7.92. The van der Waals surface area contributed by atoms with Gasteiger partial charge in [-0.15, -0.1) is 12.4 Å². The molecule has 1 saturated heterocycles. The minimum absolute atomic E-state index is 0. The van der Waals surface area contributed by atoms with Crippen LogP contribution in [0.15, 0.2) is 24.3 Å². The number of benzene rings is 1. The molecule has 2 rings (SSSR count). The maximum Gasteiger partial charge on any atom is 0.251 e. The van der Waals surface area contributed by atoms with Gasteiger partial charge >= 0.3 is 0 Å². The van der Waals surface area contributed by atoms with Gasteiger partial charge in [0.05, 0.1) is 6.26 Å². The predicted octanol–water partition coefficient (Wildman–Crippen LogP) is 0.721. The second-order valence-electron chi connectivity index (χ2n) is 5.28. The fraction of sp³-hybridized carbons (Fsp3) is 0.500. The molecule has 1 aromatic carbocycles. The highest BCUT2D eigenvalue weighted by atomic mass is 35.5. The number of hydrogen-bond donors (Lipinski definition) is 2. The Kier molecular flexibility index (Phi) is 6.80. The van der Waals surface area contributed by atoms with Crippen LogP contribution in [-0.4, -0.2) is 44.0 Å². The van der Waals surface area contributed by atoms with Crippen LogP contribution in [0.25, 0.3) is 0 Å². The van der Waals surface area contributed by atoms with Crippen molar-refractivity contribution < 1.29 is 13.2 Å². The Hall–Kier alpha value is -1.15. The first kappa shape index (κ1) is 18.9. The topological polar surface area (TPSA) is 92.5 Å². The minimum Gasteiger partial charge on any atom is -0.350 e. The molecule has 124 valence electrons. The summed E-state index contributed by atoms with van der Waals surface area (Å²) >= 11 is 0. The Bertz CT molecular complexity index is 604. The molecule has 22 heavy (non-hydrogen) atoms. The van der Waals surface area contributed by atoms with E-state index in [9.17, 15) is 13.2 Å². The molecule has 1 atom stereocenters. The molecule has 0 saturated carbocycles. The van der Waals surface area contributed by atoms with E-state index in [1.807, 2.05) is 12.1 Å². The van der Waals surface area contributed by atoms with Crippen molar-refractivity contribution in [2.24, 2.45) is 5.73 Å². The molecule has 1 aliphatic rings. The summed E-state index contributed by atoms with van der Waals surface area (Å²) in [5, 5.41) is 2.80. The van der Waals surface area contributed by atoms with Gasteiger partial charge in [0.2, 0.25) is 10.0 Å². The molecular weight excluding hydrogens is 326 g/mol. The number of carbonyl (C=O) groups is 1. The van der Waals surface area contributed by atoms with Crippen LogP contribution < -0.4 is 11.1 Å². The monoisotopic (exact) mass is 347 g/mol. The summed E-state index contributed by atoms with van der Waals surface area (Å²) in [6.07, 6.45) is 2.82. The van der Waals surface area contributed by atoms with Crippen LogP contribution >= 0.6 is 12.4 Å². The van der Waals surface area contributed by atoms with Gasteiger partial charge in [-0.25, -0.2) is 8.42 Å². The molecule has 1 aliphatic heterocycles. The van der Waals surface area contributed by atoms with Crippen molar-refractivity contribution in [3.63, 3.8) is 0 Å². The van der Waals surface area contributed by atoms with E-state index in [1.165, 1.54) is 10.6 Å². The van der Waals surface area contributed by atoms with Gasteiger partial charge in [-0.05, 0) is 30.5 Å². The fourth-order valence-electron chi connectivity index (χ4n) is 2.55. The molecule has 8 heteroatoms. The molecule has 0 radical (unpaired) electrons. The summed E-state index contributed by atoms with van der Waals surface area (Å²) in [6, 6.07) is 6.92. The first-order chi connectivity index (χ1) is 9.91. The quantitative estimate of drug-likeness (QED) is 0.820. The van der Waals surface area contributed by atoms with E-state index in [2.05, 4.69) is 5.32 Å². The second-order valence-corrected chi connectivity index (χ2v) is 7.22. The lowest BCUT2D eigenvalue weighted by molar-refractivity contribution is 0.0946. The van der Waals surface area contributed by atoms with E-state index >= 15 is 0 Å². The number of rotatable bonds is 5. The molecular formula is C14H22ClN3O3S. The largest absolute Gasteiger partial charge is 0.350 e. The first-order valence-corrected chi connectivity index (χ1v) is 8.80. The van der Waals surface area contributed by atoms with Crippen LogP contribution in [-0.2, 0) is 16.6 Å². The van der Waals surface area contributed by atoms with Crippen LogP contribution in [0.1, 0.15) is 28.8 Å². The smallest absolute Gasteiger partial charge is 0.251 e. The number of sulfonamides is 1. The standard InChI is InChI=1S/C14H21N3O3S.ClH/c1-21(19,20)17-8-2-3-13(17)10-16-14(18)12-6-4-11(9-15)5-7-12;/h4-7,13H,2-3,8-10,15H2,1H3,(H,16,18);1H/t13-;/m1./s1. The number of nitrogens with two attached hydrogens (primary N) is 1. The van der Waals surface area contributed by atoms with Gasteiger partial charge in [0.15, 0.2) is 0 Å². The maximum atomic E-state index is 12.0. The zero-order chi connectivity index (χ0) is 15.5. The van der Waals surface area contributed by atoms with Crippen molar-refractivity contribution >= 4 is 28.3 Å². The molecule has 0 aromatic heterocycles. The summed E-state index contributed by atoms with van der Waals surface area (Å²) in [5.41, 5.74) is 7.03. The van der Waals surface area contributed by atoms with Crippen LogP contribution in [0, 0.1) is 0 Å². The molecule has 0 bridgehead atoms. The van der Waals surface area contributed by atoms with E-state index in [-0.39, 0.29) is 24.4 Å². The lowest BCUT2D eigenvalue weighted by Gasteiger charge is -2.22. The van der Waals surface area contributed by atoms with Crippen LogP contribution in [0.5, 0.6) is 0 Å². The van der Waals surface area contributed by atoms with Crippen molar-refractivity contribution in [1.82, 2.24) is 9.62 Å². The van der Waals surface area contributed by atoms with E-state index in [4.69, 9.17) is 5.73 Å². The fourth-order valence-corrected chi connectivity index (χ4v) is 3.74. The summed E-state index contributed by atoms with van der Waals surface area (Å²) in [4.78, 5) is 12.0. The lowest BCUT2D eigenvalue weighted by Crippen LogP contribution is -2.42. The van der Waals surface area contributed by atoms with Gasteiger partial charge in [0, 0.05) is 31.2 Å². The molecule has 1 fully saturated rings. The number of carbonyl (C=O) groups excluding carboxylic acids is 1. The lowest BCUT2D eigenvalue weighted by atomic mass is 10.1. The van der Waals surface area contributed by atoms with Gasteiger partial charge in [-0.2, -0.15) is 4.31 Å². The van der Waals surface area contributed by atoms with Gasteiger partial charge in [0.1, 0.15) is 0 Å². The van der Waals surface area contributed by atoms with Gasteiger partial charge < -0.3 is 11.1 Å². The zero-order valence-electron chi connectivity index (χ0n) is 12.5. The highest BCUT2D eigenvalue weighted by Crippen LogP contribution is 2.19. The number of halogens is 1. The average Bonchev–Trinajstić information content (AvgIpc) is 2.93. The van der Waals surface area contributed by atoms with Crippen LogP contribution in [0.4, 0.5) is 0 Å². The predicted molar refractivity (Wildman–Crippen MR) is 88.5 cm³/mol. The molecule has 0 aliphatic carbocycles. The highest BCUT2D eigenvalue weighted by molar-refractivity contribution is 7.88. The molecule has 0 unspecified atom stereocenters. The maximum absolute atomic E-state index is 12.0. The SMILES string of the molecule is CS(=O)(=O)N1CCC[C@@H]1CNC(=O)c1ccc(CN)cc1.Cl. The van der Waals surface area contributed by atoms with Gasteiger partial charge in [0.25, 0.3) is 5.91 Å². The molecule has 1 aromatic rings. The van der Waals surface area contributed by atoms with Gasteiger partial charge in [-0.3, -0.25) is 4.79 Å². The van der Waals surface area contributed by atoms with Crippen molar-refractivity contribution in [2.45, 2.75) is 25.4 Å². The molecule has 6 nitrogen and oxygen atoms in total. The van der Waals surface area contributed by atoms with Gasteiger partial charge in [-0.1, -0.05) is 12.1 Å². The summed E-state index contributed by atoms with van der Waals surface area (Å²) < 4.78 is 24.7. The van der Waals surface area contributed by atoms with E-state index in [0.29, 0.717) is 25.2 Å². The Morgan fingerprint density at radius 2 is 2.00 bits per heavy atom. The number of amides is 1. The summed E-state index contributed by atoms with van der Waals surface area (Å²) in [7, 11) is -3.21. The highest BCUT2D eigenvalue weighted by Gasteiger charge is 2.31. The third-order valence-electron chi connectivity index (χ3n) is 3.70. The van der Waals surface area contributed by atoms with E-state index < -0.39 is 10.0 Å². The summed E-state index contributed by atoms with van der Waals surface area (Å²) in [6.45, 7) is 1.31. The Morgan fingerprint density at radius 3 is 2.55 bits per heavy atom. The van der Waals surface area contributed by atoms with Crippen molar-refractivity contribution in [3.05, 3.63) is 35.4 Å². The third-order valence-corrected chi connectivity index (χ3v) is 5.03. The normalized spacial score (nSPS) is 18.7. The summed E-state index contributed by atoms with van der Waals surface area (Å²) in [5.74, 6) is -0.195. The van der Waals surface area contributed by atoms with Crippen molar-refractivity contribution in [3.8, 4) is 0 Å². The molecule has 1 amide bonds. The first-order valence-electron chi connectivity index (χ1n) is 6.96. The number of nitrogens with one attached hydrogen (secondary N) is 1. The van der Waals surface area contributed by atoms with Crippen LogP contribution in [0.2, 0.25) is 0 Å². The molecule has 0 spiro atoms. The average molecular weight is 348 g/mol. The van der Waals surface area contributed by atoms with Crippen LogP contribution in [0.3, 0.4) is 0 Å². The zero-order valence-corrected chi connectivity index (χ0v) is 14.1. The number of nitrogens with zero attached hydrogens (tertiary/aromatic N) is 1. The van der Waals surface area contributed by atoms with Crippen molar-refractivity contribution in [1.29, 1.82) is 0 Å². The minimum atomic E-state index is -3.21. The molecule has 1 heterocycles. The Balaban J connectivity index is 0.00000242. The van der Waals surface area contributed by atoms with E-state index in [1.54, 1.807) is 12.1 Å².